The minimum Gasteiger partial charge on any atom is -0.497 e. The monoisotopic (exact) mass is 320 g/mol. The second kappa shape index (κ2) is 7.35. The summed E-state index contributed by atoms with van der Waals surface area (Å²) in [5, 5.41) is 0. The topological polar surface area (TPSA) is 59.1 Å². The van der Waals surface area contributed by atoms with Crippen LogP contribution in [0.1, 0.15) is 25.8 Å². The summed E-state index contributed by atoms with van der Waals surface area (Å²) in [6.07, 6.45) is 0.846. The number of hydrogen-bond donors (Lipinski definition) is 0. The summed E-state index contributed by atoms with van der Waals surface area (Å²) in [6.45, 7) is 4.91. The van der Waals surface area contributed by atoms with Crippen LogP contribution in [-0.4, -0.2) is 55.0 Å². The molecule has 1 heterocycles. The molecular formula is C17H24N2O4. The maximum absolute atomic E-state index is 12.4. The van der Waals surface area contributed by atoms with Crippen molar-refractivity contribution >= 4 is 11.8 Å². The van der Waals surface area contributed by atoms with E-state index in [-0.39, 0.29) is 18.4 Å². The Bertz CT molecular complexity index is 566. The molecule has 0 unspecified atom stereocenters. The molecule has 6 nitrogen and oxygen atoms in total. The molecule has 0 aliphatic carbocycles. The molecule has 1 atom stereocenters. The van der Waals surface area contributed by atoms with E-state index in [0.29, 0.717) is 24.6 Å². The molecule has 0 saturated carbocycles. The molecule has 23 heavy (non-hydrogen) atoms. The summed E-state index contributed by atoms with van der Waals surface area (Å²) in [4.78, 5) is 28.1. The molecule has 1 fully saturated rings. The third kappa shape index (κ3) is 3.75. The molecule has 6 heteroatoms. The number of nitrogens with zero attached hydrogens (tertiary/aromatic N) is 2. The Morgan fingerprint density at radius 1 is 1.13 bits per heavy atom. The van der Waals surface area contributed by atoms with Gasteiger partial charge in [-0.2, -0.15) is 0 Å². The smallest absolute Gasteiger partial charge is 0.245 e. The minimum atomic E-state index is -0.458. The predicted molar refractivity (Wildman–Crippen MR) is 86.4 cm³/mol. The maximum atomic E-state index is 12.4. The van der Waals surface area contributed by atoms with Gasteiger partial charge in [-0.15, -0.1) is 0 Å². The lowest BCUT2D eigenvalue weighted by atomic mass is 10.1. The van der Waals surface area contributed by atoms with Crippen molar-refractivity contribution < 1.29 is 19.1 Å². The molecule has 0 aromatic heterocycles. The number of amides is 2. The summed E-state index contributed by atoms with van der Waals surface area (Å²) in [5.74, 6) is 1.29. The zero-order valence-corrected chi connectivity index (χ0v) is 14.2. The van der Waals surface area contributed by atoms with Crippen molar-refractivity contribution in [1.29, 1.82) is 0 Å². The van der Waals surface area contributed by atoms with Gasteiger partial charge in [0, 0.05) is 19.2 Å². The van der Waals surface area contributed by atoms with Crippen molar-refractivity contribution in [2.45, 2.75) is 32.9 Å². The summed E-state index contributed by atoms with van der Waals surface area (Å²) in [7, 11) is 3.17. The lowest BCUT2D eigenvalue weighted by molar-refractivity contribution is -0.155. The highest BCUT2D eigenvalue weighted by atomic mass is 16.5. The first-order chi connectivity index (χ1) is 11.0. The molecule has 0 radical (unpaired) electrons. The van der Waals surface area contributed by atoms with Gasteiger partial charge in [-0.1, -0.05) is 6.92 Å². The van der Waals surface area contributed by atoms with Crippen molar-refractivity contribution in [1.82, 2.24) is 9.80 Å². The SMILES string of the molecule is CCCN1CC(=O)N(Cc2cc(OC)cc(OC)c2)[C@H](C)C1=O. The van der Waals surface area contributed by atoms with Gasteiger partial charge in [0.25, 0.3) is 0 Å². The standard InChI is InChI=1S/C17H24N2O4/c1-5-6-18-11-16(20)19(12(2)17(18)21)10-13-7-14(22-3)9-15(8-13)23-4/h7-9,12H,5-6,10-11H2,1-4H3/t12-/m1/s1. The number of benzene rings is 1. The largest absolute Gasteiger partial charge is 0.497 e. The highest BCUT2D eigenvalue weighted by Crippen LogP contribution is 2.25. The highest BCUT2D eigenvalue weighted by molar-refractivity contribution is 5.94. The van der Waals surface area contributed by atoms with Crippen LogP contribution in [0.25, 0.3) is 0 Å². The lowest BCUT2D eigenvalue weighted by Crippen LogP contribution is -2.58. The number of methoxy groups -OCH3 is 2. The van der Waals surface area contributed by atoms with Gasteiger partial charge in [0.1, 0.15) is 17.5 Å². The van der Waals surface area contributed by atoms with Crippen molar-refractivity contribution in [3.8, 4) is 11.5 Å². The lowest BCUT2D eigenvalue weighted by Gasteiger charge is -2.38. The second-order valence-electron chi connectivity index (χ2n) is 5.68. The Kier molecular flexibility index (Phi) is 5.47. The third-order valence-corrected chi connectivity index (χ3v) is 4.04. The molecular weight excluding hydrogens is 296 g/mol. The number of piperazine rings is 1. The first kappa shape index (κ1) is 17.1. The molecule has 0 N–H and O–H groups in total. The summed E-state index contributed by atoms with van der Waals surface area (Å²) in [5.41, 5.74) is 0.873. The van der Waals surface area contributed by atoms with Crippen LogP contribution >= 0.6 is 0 Å². The molecule has 2 rings (SSSR count). The van der Waals surface area contributed by atoms with Gasteiger partial charge in [0.2, 0.25) is 11.8 Å². The van der Waals surface area contributed by atoms with Crippen LogP contribution in [0.15, 0.2) is 18.2 Å². The normalized spacial score (nSPS) is 18.3. The predicted octanol–water partition coefficient (Wildman–Crippen LogP) is 1.67. The molecule has 126 valence electrons. The Balaban J connectivity index is 2.19. The summed E-state index contributed by atoms with van der Waals surface area (Å²) in [6, 6.07) is 5.02. The fraction of sp³-hybridized carbons (Fsp3) is 0.529. The first-order valence-electron chi connectivity index (χ1n) is 7.80. The number of rotatable bonds is 6. The van der Waals surface area contributed by atoms with E-state index < -0.39 is 6.04 Å². The minimum absolute atomic E-state index is 0.00121. The molecule has 0 bridgehead atoms. The number of carbonyl (C=O) groups excluding carboxylic acids is 2. The van der Waals surface area contributed by atoms with Gasteiger partial charge < -0.3 is 19.3 Å². The first-order valence-corrected chi connectivity index (χ1v) is 7.80. The van der Waals surface area contributed by atoms with Crippen molar-refractivity contribution in [3.05, 3.63) is 23.8 Å². The molecule has 1 aromatic rings. The van der Waals surface area contributed by atoms with E-state index in [1.54, 1.807) is 37.0 Å². The average Bonchev–Trinajstić information content (AvgIpc) is 2.56. The van der Waals surface area contributed by atoms with E-state index in [4.69, 9.17) is 9.47 Å². The van der Waals surface area contributed by atoms with Crippen molar-refractivity contribution in [3.63, 3.8) is 0 Å². The van der Waals surface area contributed by atoms with Crippen molar-refractivity contribution in [2.24, 2.45) is 0 Å². The van der Waals surface area contributed by atoms with E-state index in [1.807, 2.05) is 19.1 Å². The van der Waals surface area contributed by atoms with Gasteiger partial charge in [0.15, 0.2) is 0 Å². The van der Waals surface area contributed by atoms with Gasteiger partial charge in [-0.3, -0.25) is 9.59 Å². The van der Waals surface area contributed by atoms with Crippen LogP contribution in [-0.2, 0) is 16.1 Å². The van der Waals surface area contributed by atoms with Crippen LogP contribution in [0, 0.1) is 0 Å². The van der Waals surface area contributed by atoms with E-state index in [9.17, 15) is 9.59 Å². The van der Waals surface area contributed by atoms with Crippen LogP contribution in [0.5, 0.6) is 11.5 Å². The van der Waals surface area contributed by atoms with Crippen LogP contribution in [0.3, 0.4) is 0 Å². The molecule has 1 saturated heterocycles. The average molecular weight is 320 g/mol. The second-order valence-corrected chi connectivity index (χ2v) is 5.68. The molecule has 2 amide bonds. The Hall–Kier alpha value is -2.24. The maximum Gasteiger partial charge on any atom is 0.245 e. The Labute approximate surface area is 137 Å². The van der Waals surface area contributed by atoms with E-state index in [1.165, 1.54) is 0 Å². The zero-order chi connectivity index (χ0) is 17.0. The number of hydrogen-bond acceptors (Lipinski definition) is 4. The number of carbonyl (C=O) groups is 2. The van der Waals surface area contributed by atoms with Gasteiger partial charge >= 0.3 is 0 Å². The van der Waals surface area contributed by atoms with E-state index in [0.717, 1.165) is 12.0 Å². The summed E-state index contributed by atoms with van der Waals surface area (Å²) < 4.78 is 10.5. The zero-order valence-electron chi connectivity index (χ0n) is 14.2. The molecule has 1 aliphatic heterocycles. The third-order valence-electron chi connectivity index (χ3n) is 4.04. The van der Waals surface area contributed by atoms with Gasteiger partial charge in [-0.05, 0) is 31.0 Å². The molecule has 0 spiro atoms. The Morgan fingerprint density at radius 3 is 2.26 bits per heavy atom. The van der Waals surface area contributed by atoms with Crippen LogP contribution in [0.2, 0.25) is 0 Å². The fourth-order valence-electron chi connectivity index (χ4n) is 2.78. The van der Waals surface area contributed by atoms with Gasteiger partial charge in [0.05, 0.1) is 20.8 Å². The quantitative estimate of drug-likeness (QED) is 0.800. The Morgan fingerprint density at radius 2 is 1.74 bits per heavy atom. The van der Waals surface area contributed by atoms with Crippen LogP contribution in [0.4, 0.5) is 0 Å². The van der Waals surface area contributed by atoms with E-state index >= 15 is 0 Å². The van der Waals surface area contributed by atoms with Crippen molar-refractivity contribution in [2.75, 3.05) is 27.3 Å². The fourth-order valence-corrected chi connectivity index (χ4v) is 2.78. The molecule has 1 aromatic carbocycles. The summed E-state index contributed by atoms with van der Waals surface area (Å²) >= 11 is 0. The van der Waals surface area contributed by atoms with E-state index in [2.05, 4.69) is 0 Å². The number of ether oxygens (including phenoxy) is 2. The molecule has 1 aliphatic rings. The van der Waals surface area contributed by atoms with Gasteiger partial charge in [-0.25, -0.2) is 0 Å². The highest BCUT2D eigenvalue weighted by Gasteiger charge is 2.35. The van der Waals surface area contributed by atoms with Crippen LogP contribution < -0.4 is 9.47 Å².